The third kappa shape index (κ3) is 6.40. The summed E-state index contributed by atoms with van der Waals surface area (Å²) in [5, 5.41) is 26.3. The molecule has 4 fully saturated rings. The van der Waals surface area contributed by atoms with Crippen LogP contribution in [0.5, 0.6) is 0 Å². The Morgan fingerprint density at radius 2 is 1.76 bits per heavy atom. The van der Waals surface area contributed by atoms with E-state index in [9.17, 15) is 39.0 Å². The average molecular weight is 720 g/mol. The lowest BCUT2D eigenvalue weighted by Crippen LogP contribution is -2.79. The van der Waals surface area contributed by atoms with Gasteiger partial charge in [0, 0.05) is 36.8 Å². The molecule has 5 rings (SSSR count). The zero-order valence-corrected chi connectivity index (χ0v) is 30.4. The van der Waals surface area contributed by atoms with Crippen molar-refractivity contribution >= 4 is 35.4 Å². The van der Waals surface area contributed by atoms with Crippen LogP contribution in [0.15, 0.2) is 23.0 Å². The Labute approximate surface area is 296 Å². The second-order valence-corrected chi connectivity index (χ2v) is 15.8. The number of Topliss-reactive ketones (excluding diaryl/α,β-unsaturated/α-hetero) is 2. The Bertz CT molecular complexity index is 1560. The minimum absolute atomic E-state index is 0.0390. The molecule has 0 aromatic carbocycles. The lowest BCUT2D eigenvalue weighted by Gasteiger charge is -2.67. The number of rotatable bonds is 11. The Balaban J connectivity index is 1.43. The molecule has 15 nitrogen and oxygen atoms in total. The van der Waals surface area contributed by atoms with Crippen molar-refractivity contribution in [2.45, 2.75) is 103 Å². The van der Waals surface area contributed by atoms with Crippen LogP contribution in [0.1, 0.15) is 67.7 Å². The third-order valence-corrected chi connectivity index (χ3v) is 11.2. The monoisotopic (exact) mass is 719 g/mol. The minimum atomic E-state index is -2.28. The normalized spacial score (nSPS) is 36.6. The molecule has 282 valence electrons. The summed E-state index contributed by atoms with van der Waals surface area (Å²) in [6.45, 7) is 11.5. The van der Waals surface area contributed by atoms with Crippen molar-refractivity contribution in [1.29, 1.82) is 0 Å². The van der Waals surface area contributed by atoms with Gasteiger partial charge < -0.3 is 44.0 Å². The SMILES string of the molecule is COC(=O)[C@@]12OC[C@]34C([C@@H](O)[C@@H]1O)[C@@]1(C)CC(=O)C(OCC(=O)NCCC(=O)COC(C)(C)C)=C(C)[C@@H]1C[C@H]3OC(=O)[C@H](OC(=O)C=C(C)C)[C@@H]24. The van der Waals surface area contributed by atoms with Gasteiger partial charge in [-0.25, -0.2) is 14.4 Å². The molecule has 2 aliphatic heterocycles. The highest BCUT2D eigenvalue weighted by Crippen LogP contribution is 2.72. The Kier molecular flexibility index (Phi) is 10.4. The number of carbonyl (C=O) groups is 6. The van der Waals surface area contributed by atoms with E-state index in [1.54, 1.807) is 27.7 Å². The summed E-state index contributed by atoms with van der Waals surface area (Å²) in [6.07, 6.45) is -5.15. The number of ketones is 2. The van der Waals surface area contributed by atoms with E-state index in [2.05, 4.69) is 5.32 Å². The van der Waals surface area contributed by atoms with Crippen LogP contribution >= 0.6 is 0 Å². The highest BCUT2D eigenvalue weighted by atomic mass is 16.6. The molecule has 10 atom stereocenters. The maximum absolute atomic E-state index is 13.8. The van der Waals surface area contributed by atoms with Crippen LogP contribution in [0, 0.1) is 28.6 Å². The highest BCUT2D eigenvalue weighted by molar-refractivity contribution is 5.96. The van der Waals surface area contributed by atoms with E-state index >= 15 is 0 Å². The summed E-state index contributed by atoms with van der Waals surface area (Å²) >= 11 is 0. The van der Waals surface area contributed by atoms with Gasteiger partial charge >= 0.3 is 17.9 Å². The molecule has 3 N–H and O–H groups in total. The number of aliphatic hydroxyl groups is 2. The molecule has 2 bridgehead atoms. The highest BCUT2D eigenvalue weighted by Gasteiger charge is 2.85. The second kappa shape index (κ2) is 13.7. The fourth-order valence-electron chi connectivity index (χ4n) is 9.33. The Hall–Kier alpha value is -3.66. The van der Waals surface area contributed by atoms with Crippen molar-refractivity contribution in [3.63, 3.8) is 0 Å². The van der Waals surface area contributed by atoms with Crippen LogP contribution in [-0.2, 0) is 57.2 Å². The smallest absolute Gasteiger partial charge is 0.348 e. The van der Waals surface area contributed by atoms with E-state index in [1.165, 1.54) is 6.08 Å². The van der Waals surface area contributed by atoms with Gasteiger partial charge in [0.05, 0.1) is 31.3 Å². The van der Waals surface area contributed by atoms with Crippen molar-refractivity contribution in [2.75, 3.05) is 33.5 Å². The number of allylic oxidation sites excluding steroid dienone is 3. The number of esters is 3. The van der Waals surface area contributed by atoms with E-state index in [0.717, 1.165) is 7.11 Å². The quantitative estimate of drug-likeness (QED) is 0.154. The van der Waals surface area contributed by atoms with Gasteiger partial charge in [0.25, 0.3) is 5.91 Å². The second-order valence-electron chi connectivity index (χ2n) is 15.8. The topological polar surface area (TPSA) is 210 Å². The van der Waals surface area contributed by atoms with E-state index < -0.39 is 100 Å². The number of hydrogen-bond acceptors (Lipinski definition) is 14. The van der Waals surface area contributed by atoms with E-state index in [-0.39, 0.29) is 50.6 Å². The van der Waals surface area contributed by atoms with Crippen molar-refractivity contribution in [3.05, 3.63) is 23.0 Å². The standard InChI is InChI=1S/C36H49NO14/c1-17(2)11-24(41)51-27-29-35-16-49-36(29,32(45)46-8)30(43)25(42)28(35)34(7)13-21(39)26(18(3)20(34)12-22(35)50-31(27)44)47-15-23(40)37-10-9-19(38)14-48-33(4,5)6/h11,20,22,25,27-30,42-43H,9-10,12-16H2,1-8H3,(H,37,40)/t20-,22+,25+,27+,28?,29+,30-,34-,35+,36-/m0/s1. The fraction of sp³-hybridized carbons (Fsp3) is 0.722. The fourth-order valence-corrected chi connectivity index (χ4v) is 9.33. The molecule has 1 amide bonds. The molecule has 51 heavy (non-hydrogen) atoms. The van der Waals surface area contributed by atoms with Gasteiger partial charge in [0.2, 0.25) is 11.7 Å². The first-order valence-electron chi connectivity index (χ1n) is 17.2. The average Bonchev–Trinajstić information content (AvgIpc) is 3.33. The predicted molar refractivity (Wildman–Crippen MR) is 174 cm³/mol. The van der Waals surface area contributed by atoms with Crippen LogP contribution in [0.4, 0.5) is 0 Å². The number of fused-ring (bicyclic) bond motifs is 2. The number of amides is 1. The summed E-state index contributed by atoms with van der Waals surface area (Å²) in [6, 6.07) is 0. The van der Waals surface area contributed by atoms with Crippen LogP contribution in [0.25, 0.3) is 0 Å². The van der Waals surface area contributed by atoms with Gasteiger partial charge in [-0.3, -0.25) is 14.4 Å². The van der Waals surface area contributed by atoms with Crippen molar-refractivity contribution in [1.82, 2.24) is 5.32 Å². The molecule has 2 heterocycles. The van der Waals surface area contributed by atoms with Crippen LogP contribution in [-0.4, -0.2) is 115 Å². The summed E-state index contributed by atoms with van der Waals surface area (Å²) in [4.78, 5) is 78.7. The molecular weight excluding hydrogens is 670 g/mol. The number of nitrogens with one attached hydrogen (secondary N) is 1. The lowest BCUT2D eigenvalue weighted by atomic mass is 9.38. The molecule has 1 unspecified atom stereocenters. The molecule has 15 heteroatoms. The zero-order chi connectivity index (χ0) is 37.8. The zero-order valence-electron chi connectivity index (χ0n) is 30.4. The van der Waals surface area contributed by atoms with Crippen molar-refractivity contribution in [2.24, 2.45) is 28.6 Å². The molecule has 2 saturated heterocycles. The van der Waals surface area contributed by atoms with Crippen molar-refractivity contribution < 1.29 is 67.4 Å². The van der Waals surface area contributed by atoms with Crippen LogP contribution in [0.3, 0.4) is 0 Å². The minimum Gasteiger partial charge on any atom is -0.480 e. The molecule has 1 spiro atoms. The largest absolute Gasteiger partial charge is 0.480 e. The summed E-state index contributed by atoms with van der Waals surface area (Å²) in [7, 11) is 1.08. The molecule has 0 aromatic heterocycles. The van der Waals surface area contributed by atoms with Gasteiger partial charge in [-0.1, -0.05) is 12.5 Å². The van der Waals surface area contributed by atoms with Crippen LogP contribution in [0.2, 0.25) is 0 Å². The number of ether oxygens (including phenoxy) is 6. The lowest BCUT2D eigenvalue weighted by molar-refractivity contribution is -0.290. The maximum atomic E-state index is 13.8. The molecule has 3 aliphatic carbocycles. The van der Waals surface area contributed by atoms with Gasteiger partial charge in [0.1, 0.15) is 18.8 Å². The van der Waals surface area contributed by atoms with E-state index in [0.29, 0.717) is 11.1 Å². The maximum Gasteiger partial charge on any atom is 0.348 e. The van der Waals surface area contributed by atoms with Gasteiger partial charge in [-0.15, -0.1) is 0 Å². The number of aliphatic hydroxyl groups excluding tert-OH is 2. The van der Waals surface area contributed by atoms with Crippen LogP contribution < -0.4 is 5.32 Å². The summed E-state index contributed by atoms with van der Waals surface area (Å²) in [5.74, 6) is -6.99. The van der Waals surface area contributed by atoms with Gasteiger partial charge in [-0.05, 0) is 64.9 Å². The number of carbonyl (C=O) groups excluding carboxylic acids is 6. The number of methoxy groups -OCH3 is 1. The van der Waals surface area contributed by atoms with Crippen molar-refractivity contribution in [3.8, 4) is 0 Å². The van der Waals surface area contributed by atoms with Gasteiger partial charge in [0.15, 0.2) is 23.9 Å². The predicted octanol–water partition coefficient (Wildman–Crippen LogP) is 0.866. The first kappa shape index (κ1) is 38.6. The molecule has 2 saturated carbocycles. The molecular formula is C36H49NO14. The molecule has 0 aromatic rings. The molecule has 0 radical (unpaired) electrons. The van der Waals surface area contributed by atoms with E-state index in [4.69, 9.17) is 28.4 Å². The Morgan fingerprint density at radius 3 is 2.39 bits per heavy atom. The summed E-state index contributed by atoms with van der Waals surface area (Å²) in [5.41, 5.74) is -4.19. The number of hydrogen-bond donors (Lipinski definition) is 3. The third-order valence-electron chi connectivity index (χ3n) is 11.2. The molecule has 5 aliphatic rings. The summed E-state index contributed by atoms with van der Waals surface area (Å²) < 4.78 is 34.1. The first-order valence-corrected chi connectivity index (χ1v) is 17.2. The van der Waals surface area contributed by atoms with Gasteiger partial charge in [-0.2, -0.15) is 0 Å². The first-order chi connectivity index (χ1) is 23.7. The van der Waals surface area contributed by atoms with E-state index in [1.807, 2.05) is 20.8 Å². The Morgan fingerprint density at radius 1 is 1.08 bits per heavy atom.